The monoisotopic (exact) mass is 697 g/mol. The summed E-state index contributed by atoms with van der Waals surface area (Å²) in [4.78, 5) is 23.4. The molecule has 172 valence electrons. The third kappa shape index (κ3) is 5.91. The lowest BCUT2D eigenvalue weighted by molar-refractivity contribution is -0.384. The van der Waals surface area contributed by atoms with Gasteiger partial charge in [0.05, 0.1) is 23.2 Å². The van der Waals surface area contributed by atoms with Crippen LogP contribution in [0.5, 0.6) is 5.75 Å². The minimum absolute atomic E-state index is 0.00852. The Morgan fingerprint density at radius 1 is 1.15 bits per heavy atom. The Hall–Kier alpha value is -2.58. The lowest BCUT2D eigenvalue weighted by atomic mass is 10.1. The van der Waals surface area contributed by atoms with Crippen molar-refractivity contribution in [1.29, 1.82) is 0 Å². The third-order valence-electron chi connectivity index (χ3n) is 4.80. The van der Waals surface area contributed by atoms with Gasteiger partial charge in [-0.15, -0.1) is 11.3 Å². The van der Waals surface area contributed by atoms with Crippen LogP contribution in [0.3, 0.4) is 0 Å². The van der Waals surface area contributed by atoms with Crippen LogP contribution in [0.25, 0.3) is 10.1 Å². The van der Waals surface area contributed by atoms with Crippen LogP contribution in [0.1, 0.15) is 26.4 Å². The van der Waals surface area contributed by atoms with E-state index in [0.29, 0.717) is 16.9 Å². The number of hydrogen-bond donors (Lipinski definition) is 1. The molecule has 0 radical (unpaired) electrons. The summed E-state index contributed by atoms with van der Waals surface area (Å²) < 4.78 is 8.72. The van der Waals surface area contributed by atoms with E-state index >= 15 is 0 Å². The molecule has 10 heteroatoms. The van der Waals surface area contributed by atoms with E-state index in [0.717, 1.165) is 28.7 Å². The fraction of sp³-hybridized carbons (Fsp3) is 0.0833. The second-order valence-electron chi connectivity index (χ2n) is 7.38. The maximum Gasteiger partial charge on any atom is 0.281 e. The van der Waals surface area contributed by atoms with E-state index in [1.165, 1.54) is 29.0 Å². The second kappa shape index (κ2) is 10.8. The van der Waals surface area contributed by atoms with Gasteiger partial charge in [0.2, 0.25) is 0 Å². The van der Waals surface area contributed by atoms with Crippen LogP contribution >= 0.6 is 56.5 Å². The van der Waals surface area contributed by atoms with Crippen molar-refractivity contribution < 1.29 is 14.5 Å². The first-order valence-corrected chi connectivity index (χ1v) is 13.0. The summed E-state index contributed by atoms with van der Waals surface area (Å²) in [6.45, 7) is 2.53. The molecule has 0 fully saturated rings. The number of hydrazone groups is 1. The number of hydrogen-bond acceptors (Lipinski definition) is 6. The van der Waals surface area contributed by atoms with Gasteiger partial charge < -0.3 is 4.74 Å². The number of ether oxygens (including phenoxy) is 1. The molecular weight excluding hydrogens is 680 g/mol. The number of nitro groups is 1. The highest BCUT2D eigenvalue weighted by Gasteiger charge is 2.13. The van der Waals surface area contributed by atoms with Crippen molar-refractivity contribution >= 4 is 84.4 Å². The standard InChI is InChI=1S/C24H17I2N3O4S/c1-14-3-2-4-15(7-14)13-33-23-19(25)8-16(9-20(23)26)12-27-28-24(30)22-11-17-10-18(29(31)32)5-6-21(17)34-22/h2-12H,13H2,1H3,(H,28,30)/b27-12-. The lowest BCUT2D eigenvalue weighted by Crippen LogP contribution is -2.16. The van der Waals surface area contributed by atoms with Crippen molar-refractivity contribution in [2.45, 2.75) is 13.5 Å². The molecule has 0 aliphatic carbocycles. The van der Waals surface area contributed by atoms with E-state index in [1.807, 2.05) is 24.3 Å². The Morgan fingerprint density at radius 3 is 2.62 bits per heavy atom. The van der Waals surface area contributed by atoms with Gasteiger partial charge >= 0.3 is 0 Å². The van der Waals surface area contributed by atoms with Crippen molar-refractivity contribution in [3.63, 3.8) is 0 Å². The average Bonchev–Trinajstić information content (AvgIpc) is 3.22. The van der Waals surface area contributed by atoms with E-state index in [1.54, 1.807) is 18.3 Å². The lowest BCUT2D eigenvalue weighted by Gasteiger charge is -2.12. The van der Waals surface area contributed by atoms with Crippen molar-refractivity contribution in [3.8, 4) is 5.75 Å². The van der Waals surface area contributed by atoms with E-state index < -0.39 is 4.92 Å². The largest absolute Gasteiger partial charge is 0.487 e. The number of thiophene rings is 1. The van der Waals surface area contributed by atoms with Crippen LogP contribution in [0.4, 0.5) is 5.69 Å². The number of amides is 1. The predicted octanol–water partition coefficient (Wildman–Crippen LogP) is 6.67. The molecule has 3 aromatic carbocycles. The van der Waals surface area contributed by atoms with Crippen molar-refractivity contribution in [3.05, 3.63) is 99.5 Å². The molecule has 4 aromatic rings. The van der Waals surface area contributed by atoms with Crippen LogP contribution in [0.15, 0.2) is 65.8 Å². The molecule has 0 unspecified atom stereocenters. The van der Waals surface area contributed by atoms with Crippen LogP contribution in [-0.2, 0) is 6.61 Å². The molecule has 0 atom stereocenters. The summed E-state index contributed by atoms with van der Waals surface area (Å²) in [5, 5.41) is 15.7. The van der Waals surface area contributed by atoms with E-state index in [2.05, 4.69) is 74.8 Å². The van der Waals surface area contributed by atoms with Crippen molar-refractivity contribution in [2.24, 2.45) is 5.10 Å². The molecule has 0 aliphatic rings. The molecule has 34 heavy (non-hydrogen) atoms. The maximum atomic E-state index is 12.5. The fourth-order valence-corrected chi connectivity index (χ4v) is 6.29. The second-order valence-corrected chi connectivity index (χ2v) is 10.8. The van der Waals surface area contributed by atoms with E-state index in [9.17, 15) is 14.9 Å². The van der Waals surface area contributed by atoms with E-state index in [-0.39, 0.29) is 11.6 Å². The molecule has 1 aromatic heterocycles. The quantitative estimate of drug-likeness (QED) is 0.101. The minimum atomic E-state index is -0.456. The number of carbonyl (C=O) groups excluding carboxylic acids is 1. The normalized spacial score (nSPS) is 11.1. The Bertz CT molecular complexity index is 1410. The number of aryl methyl sites for hydroxylation is 1. The molecular formula is C24H17I2N3O4S. The summed E-state index contributed by atoms with van der Waals surface area (Å²) in [6, 6.07) is 18.2. The number of halogens is 2. The maximum absolute atomic E-state index is 12.5. The van der Waals surface area contributed by atoms with Gasteiger partial charge in [0.1, 0.15) is 12.4 Å². The number of nitro benzene ring substituents is 1. The summed E-state index contributed by atoms with van der Waals surface area (Å²) in [7, 11) is 0. The van der Waals surface area contributed by atoms with Crippen molar-refractivity contribution in [2.75, 3.05) is 0 Å². The van der Waals surface area contributed by atoms with Gasteiger partial charge in [-0.2, -0.15) is 5.10 Å². The molecule has 1 amide bonds. The number of nitrogens with one attached hydrogen (secondary N) is 1. The number of nitrogens with zero attached hydrogens (tertiary/aromatic N) is 2. The summed E-state index contributed by atoms with van der Waals surface area (Å²) in [6.07, 6.45) is 1.57. The van der Waals surface area contributed by atoms with Gasteiger partial charge in [0.25, 0.3) is 11.6 Å². The van der Waals surface area contributed by atoms with Crippen LogP contribution in [-0.4, -0.2) is 17.0 Å². The summed E-state index contributed by atoms with van der Waals surface area (Å²) in [5.74, 6) is 0.436. The molecule has 7 nitrogen and oxygen atoms in total. The Balaban J connectivity index is 1.41. The zero-order chi connectivity index (χ0) is 24.2. The van der Waals surface area contributed by atoms with Crippen LogP contribution in [0.2, 0.25) is 0 Å². The first-order valence-electron chi connectivity index (χ1n) is 9.99. The molecule has 0 bridgehead atoms. The summed E-state index contributed by atoms with van der Waals surface area (Å²) in [5.41, 5.74) is 5.63. The number of non-ortho nitro benzene ring substituents is 1. The number of rotatable bonds is 7. The van der Waals surface area contributed by atoms with Gasteiger partial charge in [-0.25, -0.2) is 5.43 Å². The molecule has 1 heterocycles. The van der Waals surface area contributed by atoms with Gasteiger partial charge in [-0.1, -0.05) is 29.8 Å². The van der Waals surface area contributed by atoms with Crippen LogP contribution in [0, 0.1) is 24.2 Å². The Labute approximate surface area is 226 Å². The number of benzene rings is 3. The molecule has 1 N–H and O–H groups in total. The van der Waals surface area contributed by atoms with Crippen molar-refractivity contribution in [1.82, 2.24) is 5.43 Å². The van der Waals surface area contributed by atoms with Gasteiger partial charge in [0.15, 0.2) is 0 Å². The zero-order valence-corrected chi connectivity index (χ0v) is 22.9. The topological polar surface area (TPSA) is 93.8 Å². The Morgan fingerprint density at radius 2 is 1.91 bits per heavy atom. The third-order valence-corrected chi connectivity index (χ3v) is 7.52. The molecule has 0 spiro atoms. The Kier molecular flexibility index (Phi) is 7.78. The van der Waals surface area contributed by atoms with Gasteiger partial charge in [-0.05, 0) is 87.5 Å². The molecule has 0 saturated heterocycles. The SMILES string of the molecule is Cc1cccc(COc2c(I)cc(/C=N\NC(=O)c3cc4cc([N+](=O)[O-])ccc4s3)cc2I)c1. The highest BCUT2D eigenvalue weighted by molar-refractivity contribution is 14.1. The molecule has 4 rings (SSSR count). The molecule has 0 saturated carbocycles. The first kappa shape index (κ1) is 24.5. The first-order chi connectivity index (χ1) is 16.3. The average molecular weight is 697 g/mol. The minimum Gasteiger partial charge on any atom is -0.487 e. The highest BCUT2D eigenvalue weighted by atomic mass is 127. The van der Waals surface area contributed by atoms with Gasteiger partial charge in [0, 0.05) is 22.2 Å². The zero-order valence-electron chi connectivity index (χ0n) is 17.7. The predicted molar refractivity (Wildman–Crippen MR) is 151 cm³/mol. The fourth-order valence-electron chi connectivity index (χ4n) is 3.23. The summed E-state index contributed by atoms with van der Waals surface area (Å²) >= 11 is 5.71. The van der Waals surface area contributed by atoms with Gasteiger partial charge in [-0.3, -0.25) is 14.9 Å². The molecule has 0 aliphatic heterocycles. The van der Waals surface area contributed by atoms with Crippen LogP contribution < -0.4 is 10.2 Å². The highest BCUT2D eigenvalue weighted by Crippen LogP contribution is 2.30. The number of carbonyl (C=O) groups is 1. The van der Waals surface area contributed by atoms with E-state index in [4.69, 9.17) is 4.74 Å². The number of fused-ring (bicyclic) bond motifs is 1. The smallest absolute Gasteiger partial charge is 0.281 e.